The first-order valence-corrected chi connectivity index (χ1v) is 7.54. The lowest BCUT2D eigenvalue weighted by Crippen LogP contribution is -2.10. The van der Waals surface area contributed by atoms with Crippen molar-refractivity contribution >= 4 is 28.6 Å². The van der Waals surface area contributed by atoms with Crippen molar-refractivity contribution in [1.82, 2.24) is 25.0 Å². The van der Waals surface area contributed by atoms with E-state index >= 15 is 0 Å². The fourth-order valence-corrected chi connectivity index (χ4v) is 2.31. The molecular weight excluding hydrogens is 300 g/mol. The van der Waals surface area contributed by atoms with Gasteiger partial charge < -0.3 is 5.32 Å². The fraction of sp³-hybridized carbons (Fsp3) is 0.333. The summed E-state index contributed by atoms with van der Waals surface area (Å²) in [5, 5.41) is 12.4. The molecule has 3 rings (SSSR count). The Morgan fingerprint density at radius 3 is 2.82 bits per heavy atom. The molecule has 7 heteroatoms. The number of hydrogen-bond acceptors (Lipinski definition) is 5. The highest BCUT2D eigenvalue weighted by molar-refractivity contribution is 6.31. The van der Waals surface area contributed by atoms with Crippen LogP contribution in [0.15, 0.2) is 30.6 Å². The van der Waals surface area contributed by atoms with E-state index in [0.717, 1.165) is 12.1 Å². The number of benzene rings is 1. The molecule has 1 aromatic carbocycles. The van der Waals surface area contributed by atoms with Crippen molar-refractivity contribution in [1.29, 1.82) is 0 Å². The van der Waals surface area contributed by atoms with E-state index in [1.165, 1.54) is 6.33 Å². The van der Waals surface area contributed by atoms with E-state index in [0.29, 0.717) is 34.5 Å². The zero-order chi connectivity index (χ0) is 15.5. The number of halogens is 1. The highest BCUT2D eigenvalue weighted by Gasteiger charge is 2.12. The van der Waals surface area contributed by atoms with Crippen LogP contribution < -0.4 is 5.32 Å². The molecule has 6 nitrogen and oxygen atoms in total. The Kier molecular flexibility index (Phi) is 4.20. The van der Waals surface area contributed by atoms with Crippen LogP contribution >= 0.6 is 11.6 Å². The normalized spacial score (nSPS) is 11.3. The summed E-state index contributed by atoms with van der Waals surface area (Å²) in [7, 11) is 0. The van der Waals surface area contributed by atoms with Crippen LogP contribution in [0.25, 0.3) is 11.2 Å². The minimum atomic E-state index is 0.517. The third kappa shape index (κ3) is 3.01. The van der Waals surface area contributed by atoms with E-state index in [1.54, 1.807) is 4.68 Å². The minimum absolute atomic E-state index is 0.517. The van der Waals surface area contributed by atoms with Gasteiger partial charge in [0.25, 0.3) is 0 Å². The zero-order valence-corrected chi connectivity index (χ0v) is 13.2. The monoisotopic (exact) mass is 316 g/mol. The minimum Gasteiger partial charge on any atom is -0.368 e. The lowest BCUT2D eigenvalue weighted by Gasteiger charge is -2.08. The van der Waals surface area contributed by atoms with Gasteiger partial charge in [-0.15, -0.1) is 5.10 Å². The van der Waals surface area contributed by atoms with Crippen molar-refractivity contribution in [3.63, 3.8) is 0 Å². The average Bonchev–Trinajstić information content (AvgIpc) is 2.91. The first-order valence-electron chi connectivity index (χ1n) is 7.16. The predicted molar refractivity (Wildman–Crippen MR) is 87.0 cm³/mol. The second-order valence-corrected chi connectivity index (χ2v) is 5.91. The summed E-state index contributed by atoms with van der Waals surface area (Å²) in [5.74, 6) is 1.23. The molecule has 0 spiro atoms. The molecule has 3 aromatic rings. The Balaban J connectivity index is 1.92. The molecule has 2 aromatic heterocycles. The molecule has 22 heavy (non-hydrogen) atoms. The molecule has 0 atom stereocenters. The second kappa shape index (κ2) is 6.27. The van der Waals surface area contributed by atoms with Gasteiger partial charge in [-0.25, -0.2) is 14.6 Å². The van der Waals surface area contributed by atoms with Crippen LogP contribution in [-0.4, -0.2) is 31.5 Å². The maximum Gasteiger partial charge on any atom is 0.184 e. The summed E-state index contributed by atoms with van der Waals surface area (Å²) in [6.07, 6.45) is 1.53. The lowest BCUT2D eigenvalue weighted by molar-refractivity contribution is 0.664. The van der Waals surface area contributed by atoms with Gasteiger partial charge >= 0.3 is 0 Å². The Morgan fingerprint density at radius 2 is 2.05 bits per heavy atom. The molecule has 0 unspecified atom stereocenters. The van der Waals surface area contributed by atoms with Crippen molar-refractivity contribution in [2.24, 2.45) is 5.92 Å². The summed E-state index contributed by atoms with van der Waals surface area (Å²) in [6.45, 7) is 5.62. The number of anilines is 1. The number of fused-ring (bicyclic) bond motifs is 1. The SMILES string of the molecule is CC(C)CNc1ncnc2c1nnn2Cc1ccccc1Cl. The number of hydrogen-bond donors (Lipinski definition) is 1. The van der Waals surface area contributed by atoms with Gasteiger partial charge in [-0.1, -0.05) is 48.9 Å². The average molecular weight is 317 g/mol. The molecule has 2 heterocycles. The maximum absolute atomic E-state index is 6.20. The number of nitrogens with one attached hydrogen (secondary N) is 1. The van der Waals surface area contributed by atoms with E-state index in [4.69, 9.17) is 11.6 Å². The predicted octanol–water partition coefficient (Wildman–Crippen LogP) is 2.99. The fourth-order valence-electron chi connectivity index (χ4n) is 2.12. The summed E-state index contributed by atoms with van der Waals surface area (Å²) >= 11 is 6.20. The standard InChI is InChI=1S/C15H17ClN6/c1-10(2)7-17-14-13-15(19-9-18-14)22(21-20-13)8-11-5-3-4-6-12(11)16/h3-6,9-10H,7-8H2,1-2H3,(H,17,18,19). The van der Waals surface area contributed by atoms with Crippen LogP contribution in [-0.2, 0) is 6.54 Å². The molecule has 0 fully saturated rings. The maximum atomic E-state index is 6.20. The smallest absolute Gasteiger partial charge is 0.184 e. The Morgan fingerprint density at radius 1 is 1.23 bits per heavy atom. The van der Waals surface area contributed by atoms with Crippen LogP contribution in [0.5, 0.6) is 0 Å². The third-order valence-electron chi connectivity index (χ3n) is 3.26. The highest BCUT2D eigenvalue weighted by Crippen LogP contribution is 2.20. The van der Waals surface area contributed by atoms with E-state index in [9.17, 15) is 0 Å². The number of rotatable bonds is 5. The van der Waals surface area contributed by atoms with Gasteiger partial charge in [0.2, 0.25) is 0 Å². The van der Waals surface area contributed by atoms with Crippen LogP contribution in [0.4, 0.5) is 5.82 Å². The zero-order valence-electron chi connectivity index (χ0n) is 12.5. The summed E-state index contributed by atoms with van der Waals surface area (Å²) in [6, 6.07) is 7.68. The molecule has 0 bridgehead atoms. The van der Waals surface area contributed by atoms with E-state index < -0.39 is 0 Å². The highest BCUT2D eigenvalue weighted by atomic mass is 35.5. The van der Waals surface area contributed by atoms with Crippen LogP contribution in [0, 0.1) is 5.92 Å². The molecule has 0 saturated carbocycles. The van der Waals surface area contributed by atoms with Crippen molar-refractivity contribution < 1.29 is 0 Å². The van der Waals surface area contributed by atoms with E-state index in [2.05, 4.69) is 39.4 Å². The largest absolute Gasteiger partial charge is 0.368 e. The van der Waals surface area contributed by atoms with Crippen LogP contribution in [0.3, 0.4) is 0 Å². The lowest BCUT2D eigenvalue weighted by atomic mass is 10.2. The second-order valence-electron chi connectivity index (χ2n) is 5.51. The van der Waals surface area contributed by atoms with Crippen molar-refractivity contribution in [3.05, 3.63) is 41.2 Å². The first-order chi connectivity index (χ1) is 10.6. The van der Waals surface area contributed by atoms with Crippen molar-refractivity contribution in [2.75, 3.05) is 11.9 Å². The van der Waals surface area contributed by atoms with Gasteiger partial charge in [0.05, 0.1) is 6.54 Å². The molecule has 0 aliphatic carbocycles. The molecule has 0 saturated heterocycles. The molecule has 114 valence electrons. The topological polar surface area (TPSA) is 68.5 Å². The van der Waals surface area contributed by atoms with Crippen molar-refractivity contribution in [2.45, 2.75) is 20.4 Å². The van der Waals surface area contributed by atoms with Gasteiger partial charge in [-0.3, -0.25) is 0 Å². The summed E-state index contributed by atoms with van der Waals surface area (Å²) < 4.78 is 1.73. The molecular formula is C15H17ClN6. The van der Waals surface area contributed by atoms with E-state index in [1.807, 2.05) is 24.3 Å². The van der Waals surface area contributed by atoms with Gasteiger partial charge in [-0.2, -0.15) is 0 Å². The van der Waals surface area contributed by atoms with Crippen molar-refractivity contribution in [3.8, 4) is 0 Å². The Labute approximate surface area is 133 Å². The summed E-state index contributed by atoms with van der Waals surface area (Å²) in [4.78, 5) is 8.55. The van der Waals surface area contributed by atoms with Gasteiger partial charge in [0.1, 0.15) is 6.33 Å². The third-order valence-corrected chi connectivity index (χ3v) is 3.62. The van der Waals surface area contributed by atoms with E-state index in [-0.39, 0.29) is 0 Å². The number of aromatic nitrogens is 5. The molecule has 1 N–H and O–H groups in total. The molecule has 0 radical (unpaired) electrons. The van der Waals surface area contributed by atoms with Crippen LogP contribution in [0.2, 0.25) is 5.02 Å². The molecule has 0 aliphatic rings. The molecule has 0 amide bonds. The first kappa shape index (κ1) is 14.7. The quantitative estimate of drug-likeness (QED) is 0.783. The van der Waals surface area contributed by atoms with Crippen LogP contribution in [0.1, 0.15) is 19.4 Å². The number of nitrogens with zero attached hydrogens (tertiary/aromatic N) is 5. The molecule has 0 aliphatic heterocycles. The Bertz CT molecular complexity index is 783. The Hall–Kier alpha value is -2.21. The summed E-state index contributed by atoms with van der Waals surface area (Å²) in [5.41, 5.74) is 2.35. The van der Waals surface area contributed by atoms with Gasteiger partial charge in [0.15, 0.2) is 17.0 Å². The van der Waals surface area contributed by atoms with Gasteiger partial charge in [-0.05, 0) is 17.5 Å². The van der Waals surface area contributed by atoms with Gasteiger partial charge in [0, 0.05) is 11.6 Å².